The molecule has 2 N–H and O–H groups in total. The summed E-state index contributed by atoms with van der Waals surface area (Å²) < 4.78 is 0. The highest BCUT2D eigenvalue weighted by Gasteiger charge is 2.09. The summed E-state index contributed by atoms with van der Waals surface area (Å²) in [5.74, 6) is -0.0533. The van der Waals surface area contributed by atoms with Gasteiger partial charge < -0.3 is 5.32 Å². The molecule has 0 radical (unpaired) electrons. The number of nitrogens with one attached hydrogen (secondary N) is 2. The zero-order valence-electron chi connectivity index (χ0n) is 15.2. The minimum Gasteiger partial charge on any atom is -0.337 e. The zero-order chi connectivity index (χ0) is 16.6. The van der Waals surface area contributed by atoms with E-state index in [1.54, 1.807) is 6.92 Å². The summed E-state index contributed by atoms with van der Waals surface area (Å²) in [5, 5.41) is 6.36. The van der Waals surface area contributed by atoms with Crippen molar-refractivity contribution in [2.75, 3.05) is 6.54 Å². The average Bonchev–Trinajstić information content (AvgIpc) is 2.51. The summed E-state index contributed by atoms with van der Waals surface area (Å²) in [6, 6.07) is 0. The Hall–Kier alpha value is -0.830. The van der Waals surface area contributed by atoms with Gasteiger partial charge in [-0.15, -0.1) is 0 Å². The monoisotopic (exact) mass is 310 g/mol. The van der Waals surface area contributed by atoms with Crippen molar-refractivity contribution < 1.29 is 4.79 Å². The average molecular weight is 311 g/mol. The van der Waals surface area contributed by atoms with Crippen molar-refractivity contribution in [1.29, 1.82) is 0 Å². The van der Waals surface area contributed by atoms with E-state index in [1.807, 2.05) is 0 Å². The van der Waals surface area contributed by atoms with Gasteiger partial charge in [0.05, 0.1) is 6.17 Å². The first-order chi connectivity index (χ1) is 10.6. The Morgan fingerprint density at radius 1 is 0.909 bits per heavy atom. The van der Waals surface area contributed by atoms with Crippen molar-refractivity contribution in [3.05, 3.63) is 12.2 Å². The number of carbonyl (C=O) groups is 1. The second kappa shape index (κ2) is 15.1. The van der Waals surface area contributed by atoms with Gasteiger partial charge in [-0.05, 0) is 26.3 Å². The van der Waals surface area contributed by atoms with Gasteiger partial charge in [-0.25, -0.2) is 0 Å². The Kier molecular flexibility index (Phi) is 14.5. The van der Waals surface area contributed by atoms with Gasteiger partial charge in [0, 0.05) is 5.57 Å². The maximum Gasteiger partial charge on any atom is 0.247 e. The van der Waals surface area contributed by atoms with Gasteiger partial charge in [0.2, 0.25) is 5.91 Å². The third-order valence-corrected chi connectivity index (χ3v) is 4.02. The molecule has 0 aromatic carbocycles. The highest BCUT2D eigenvalue weighted by atomic mass is 16.1. The Balaban J connectivity index is 3.40. The van der Waals surface area contributed by atoms with E-state index in [2.05, 4.69) is 31.1 Å². The molecule has 1 amide bonds. The summed E-state index contributed by atoms with van der Waals surface area (Å²) in [4.78, 5) is 11.6. The Bertz CT molecular complexity index is 289. The van der Waals surface area contributed by atoms with E-state index in [0.29, 0.717) is 5.57 Å². The SMILES string of the molecule is C=C(C)C(=O)NC(CC)NCCCCCCCCCCCC. The summed E-state index contributed by atoms with van der Waals surface area (Å²) in [7, 11) is 0. The molecule has 0 aromatic heterocycles. The third kappa shape index (κ3) is 12.9. The van der Waals surface area contributed by atoms with E-state index in [-0.39, 0.29) is 12.1 Å². The fraction of sp³-hybridized carbons (Fsp3) is 0.842. The quantitative estimate of drug-likeness (QED) is 0.256. The molecular weight excluding hydrogens is 272 g/mol. The molecule has 0 saturated heterocycles. The van der Waals surface area contributed by atoms with Crippen LogP contribution >= 0.6 is 0 Å². The largest absolute Gasteiger partial charge is 0.337 e. The van der Waals surface area contributed by atoms with Crippen molar-refractivity contribution in [3.63, 3.8) is 0 Å². The van der Waals surface area contributed by atoms with E-state index in [9.17, 15) is 4.79 Å². The molecule has 3 heteroatoms. The van der Waals surface area contributed by atoms with Gasteiger partial charge in [0.1, 0.15) is 0 Å². The number of hydrogen-bond donors (Lipinski definition) is 2. The molecule has 0 bridgehead atoms. The first-order valence-corrected chi connectivity index (χ1v) is 9.31. The van der Waals surface area contributed by atoms with Gasteiger partial charge in [-0.3, -0.25) is 10.1 Å². The maximum atomic E-state index is 11.6. The van der Waals surface area contributed by atoms with Crippen LogP contribution in [0, 0.1) is 0 Å². The Morgan fingerprint density at radius 3 is 1.86 bits per heavy atom. The maximum absolute atomic E-state index is 11.6. The highest BCUT2D eigenvalue weighted by Crippen LogP contribution is 2.10. The van der Waals surface area contributed by atoms with Crippen LogP contribution in [0.5, 0.6) is 0 Å². The predicted octanol–water partition coefficient (Wildman–Crippen LogP) is 4.93. The zero-order valence-corrected chi connectivity index (χ0v) is 15.2. The van der Waals surface area contributed by atoms with Crippen molar-refractivity contribution >= 4 is 5.91 Å². The highest BCUT2D eigenvalue weighted by molar-refractivity contribution is 5.92. The molecule has 0 saturated carbocycles. The standard InChI is InChI=1S/C19H38N2O/c1-5-7-8-9-10-11-12-13-14-15-16-20-18(6-2)21-19(22)17(3)4/h18,20H,3,5-16H2,1-2,4H3,(H,21,22). The minimum atomic E-state index is -0.0533. The van der Waals surface area contributed by atoms with Crippen molar-refractivity contribution in [2.45, 2.75) is 97.6 Å². The number of unbranched alkanes of at least 4 members (excludes halogenated alkanes) is 9. The molecule has 0 heterocycles. The summed E-state index contributed by atoms with van der Waals surface area (Å²) in [6.07, 6.45) is 14.5. The van der Waals surface area contributed by atoms with E-state index in [4.69, 9.17) is 0 Å². The number of amides is 1. The first kappa shape index (κ1) is 21.2. The molecule has 1 unspecified atom stereocenters. The minimum absolute atomic E-state index is 0.0533. The van der Waals surface area contributed by atoms with Gasteiger partial charge >= 0.3 is 0 Å². The molecule has 0 spiro atoms. The number of carbonyl (C=O) groups excluding carboxylic acids is 1. The van der Waals surface area contributed by atoms with E-state index < -0.39 is 0 Å². The van der Waals surface area contributed by atoms with Gasteiger partial charge in [-0.1, -0.05) is 78.2 Å². The van der Waals surface area contributed by atoms with Crippen LogP contribution in [0.2, 0.25) is 0 Å². The molecule has 0 aliphatic carbocycles. The van der Waals surface area contributed by atoms with Crippen molar-refractivity contribution in [1.82, 2.24) is 10.6 Å². The Labute approximate surface area is 138 Å². The first-order valence-electron chi connectivity index (χ1n) is 9.31. The van der Waals surface area contributed by atoms with Gasteiger partial charge in [0.25, 0.3) is 0 Å². The van der Waals surface area contributed by atoms with Crippen LogP contribution in [0.3, 0.4) is 0 Å². The third-order valence-electron chi connectivity index (χ3n) is 4.02. The molecule has 22 heavy (non-hydrogen) atoms. The molecular formula is C19H38N2O. The normalized spacial score (nSPS) is 12.1. The van der Waals surface area contributed by atoms with E-state index in [1.165, 1.54) is 64.2 Å². The molecule has 1 atom stereocenters. The van der Waals surface area contributed by atoms with Crippen LogP contribution in [0.1, 0.15) is 91.4 Å². The molecule has 0 aliphatic heterocycles. The van der Waals surface area contributed by atoms with Crippen LogP contribution in [-0.4, -0.2) is 18.6 Å². The van der Waals surface area contributed by atoms with Gasteiger partial charge in [0.15, 0.2) is 0 Å². The second-order valence-electron chi connectivity index (χ2n) is 6.35. The molecule has 0 fully saturated rings. The van der Waals surface area contributed by atoms with E-state index in [0.717, 1.165) is 13.0 Å². The van der Waals surface area contributed by atoms with E-state index >= 15 is 0 Å². The lowest BCUT2D eigenvalue weighted by molar-refractivity contribution is -0.118. The predicted molar refractivity (Wildman–Crippen MR) is 96.9 cm³/mol. The lowest BCUT2D eigenvalue weighted by Gasteiger charge is -2.18. The smallest absolute Gasteiger partial charge is 0.247 e. The fourth-order valence-electron chi connectivity index (χ4n) is 2.47. The lowest BCUT2D eigenvalue weighted by atomic mass is 10.1. The number of rotatable bonds is 15. The van der Waals surface area contributed by atoms with Crippen LogP contribution in [-0.2, 0) is 4.79 Å². The summed E-state index contributed by atoms with van der Waals surface area (Å²) in [6.45, 7) is 10.7. The second-order valence-corrected chi connectivity index (χ2v) is 6.35. The summed E-state index contributed by atoms with van der Waals surface area (Å²) in [5.41, 5.74) is 0.569. The molecule has 130 valence electrons. The van der Waals surface area contributed by atoms with Crippen LogP contribution in [0.15, 0.2) is 12.2 Å². The fourth-order valence-corrected chi connectivity index (χ4v) is 2.47. The molecule has 3 nitrogen and oxygen atoms in total. The Morgan fingerprint density at radius 2 is 1.41 bits per heavy atom. The summed E-state index contributed by atoms with van der Waals surface area (Å²) >= 11 is 0. The molecule has 0 rings (SSSR count). The topological polar surface area (TPSA) is 41.1 Å². The van der Waals surface area contributed by atoms with Crippen LogP contribution in [0.25, 0.3) is 0 Å². The van der Waals surface area contributed by atoms with Crippen molar-refractivity contribution in [3.8, 4) is 0 Å². The molecule has 0 aromatic rings. The van der Waals surface area contributed by atoms with Gasteiger partial charge in [-0.2, -0.15) is 0 Å². The van der Waals surface area contributed by atoms with Crippen LogP contribution in [0.4, 0.5) is 0 Å². The van der Waals surface area contributed by atoms with Crippen molar-refractivity contribution in [2.24, 2.45) is 0 Å². The lowest BCUT2D eigenvalue weighted by Crippen LogP contribution is -2.45. The van der Waals surface area contributed by atoms with Crippen LogP contribution < -0.4 is 10.6 Å². The number of hydrogen-bond acceptors (Lipinski definition) is 2. The molecule has 0 aliphatic rings.